The smallest absolute Gasteiger partial charge is 0.497 e. The lowest BCUT2D eigenvalue weighted by Crippen LogP contribution is -2.25. The van der Waals surface area contributed by atoms with Gasteiger partial charge in [0, 0.05) is 12.1 Å². The lowest BCUT2D eigenvalue weighted by molar-refractivity contribution is -0.274. The van der Waals surface area contributed by atoms with Crippen LogP contribution in [-0.2, 0) is 6.11 Å². The molecule has 0 saturated heterocycles. The van der Waals surface area contributed by atoms with E-state index in [0.29, 0.717) is 24.3 Å². The summed E-state index contributed by atoms with van der Waals surface area (Å²) in [6, 6.07) is 3.95. The Morgan fingerprint density at radius 3 is 1.56 bits per heavy atom. The minimum absolute atomic E-state index is 0.316. The summed E-state index contributed by atoms with van der Waals surface area (Å²) < 4.78 is 104. The predicted molar refractivity (Wildman–Crippen MR) is 70.6 cm³/mol. The molecule has 10 heteroatoms. The van der Waals surface area contributed by atoms with Crippen molar-refractivity contribution in [1.29, 1.82) is 0 Å². The Bertz CT molecular complexity index is 719. The van der Waals surface area contributed by atoms with Crippen LogP contribution in [0.3, 0.4) is 0 Å². The third-order valence-corrected chi connectivity index (χ3v) is 2.85. The maximum Gasteiger partial charge on any atom is 0.573 e. The molecule has 0 atom stereocenters. The van der Waals surface area contributed by atoms with E-state index in [2.05, 4.69) is 14.2 Å². The molecule has 136 valence electrons. The number of hydrogen-bond donors (Lipinski definition) is 0. The SMILES string of the molecule is COc1cc(F)c(C(F)(F)Oc2ccc(OC(F)(F)F)cc2)c(F)c1. The van der Waals surface area contributed by atoms with Crippen LogP contribution in [0.4, 0.5) is 30.7 Å². The Kier molecular flexibility index (Phi) is 5.00. The molecule has 0 fully saturated rings. The normalized spacial score (nSPS) is 12.0. The van der Waals surface area contributed by atoms with Crippen LogP contribution in [0, 0.1) is 11.6 Å². The van der Waals surface area contributed by atoms with Crippen LogP contribution in [-0.4, -0.2) is 13.5 Å². The van der Waals surface area contributed by atoms with Crippen LogP contribution in [0.25, 0.3) is 0 Å². The minimum Gasteiger partial charge on any atom is -0.497 e. The number of alkyl halides is 5. The molecule has 0 radical (unpaired) electrons. The Morgan fingerprint density at radius 2 is 1.16 bits per heavy atom. The zero-order valence-corrected chi connectivity index (χ0v) is 12.3. The lowest BCUT2D eigenvalue weighted by Gasteiger charge is -2.20. The fourth-order valence-corrected chi connectivity index (χ4v) is 1.85. The van der Waals surface area contributed by atoms with E-state index < -0.39 is 41.2 Å². The van der Waals surface area contributed by atoms with Crippen molar-refractivity contribution in [2.75, 3.05) is 7.11 Å². The monoisotopic (exact) mass is 370 g/mol. The number of halogens is 7. The summed E-state index contributed by atoms with van der Waals surface area (Å²) in [5.41, 5.74) is -1.66. The van der Waals surface area contributed by atoms with Crippen LogP contribution in [0.1, 0.15) is 5.56 Å². The van der Waals surface area contributed by atoms with Crippen molar-refractivity contribution in [1.82, 2.24) is 0 Å². The van der Waals surface area contributed by atoms with Crippen molar-refractivity contribution < 1.29 is 44.9 Å². The number of benzene rings is 2. The zero-order chi connectivity index (χ0) is 18.8. The number of hydrogen-bond acceptors (Lipinski definition) is 3. The maximum atomic E-state index is 14.0. The van der Waals surface area contributed by atoms with Gasteiger partial charge in [0.2, 0.25) is 0 Å². The molecule has 0 amide bonds. The molecule has 0 aliphatic heterocycles. The molecule has 0 heterocycles. The minimum atomic E-state index is -4.96. The molecule has 2 rings (SSSR count). The molecule has 3 nitrogen and oxygen atoms in total. The summed E-state index contributed by atoms with van der Waals surface area (Å²) in [4.78, 5) is 0. The second kappa shape index (κ2) is 6.69. The first-order valence-electron chi connectivity index (χ1n) is 6.48. The molecule has 0 aliphatic carbocycles. The Balaban J connectivity index is 2.24. The van der Waals surface area contributed by atoms with E-state index in [1.807, 2.05) is 0 Å². The molecule has 2 aromatic carbocycles. The summed E-state index contributed by atoms with van der Waals surface area (Å²) in [5.74, 6) is -4.85. The van der Waals surface area contributed by atoms with Crippen LogP contribution < -0.4 is 14.2 Å². The van der Waals surface area contributed by atoms with E-state index in [0.717, 1.165) is 19.2 Å². The highest BCUT2D eigenvalue weighted by molar-refractivity contribution is 5.35. The third-order valence-electron chi connectivity index (χ3n) is 2.85. The van der Waals surface area contributed by atoms with Crippen molar-refractivity contribution in [2.24, 2.45) is 0 Å². The summed E-state index contributed by atoms with van der Waals surface area (Å²) in [7, 11) is 1.09. The lowest BCUT2D eigenvalue weighted by atomic mass is 10.1. The van der Waals surface area contributed by atoms with Gasteiger partial charge in [0.05, 0.1) is 7.11 Å². The Morgan fingerprint density at radius 1 is 0.720 bits per heavy atom. The van der Waals surface area contributed by atoms with E-state index in [1.54, 1.807) is 0 Å². The molecular weight excluding hydrogens is 361 g/mol. The number of methoxy groups -OCH3 is 1. The van der Waals surface area contributed by atoms with E-state index >= 15 is 0 Å². The first-order valence-corrected chi connectivity index (χ1v) is 6.48. The van der Waals surface area contributed by atoms with Gasteiger partial charge >= 0.3 is 12.5 Å². The van der Waals surface area contributed by atoms with Crippen LogP contribution in [0.2, 0.25) is 0 Å². The van der Waals surface area contributed by atoms with Crippen molar-refractivity contribution in [3.63, 3.8) is 0 Å². The van der Waals surface area contributed by atoms with E-state index in [9.17, 15) is 30.7 Å². The summed E-state index contributed by atoms with van der Waals surface area (Å²) >= 11 is 0. The first kappa shape index (κ1) is 18.7. The second-order valence-corrected chi connectivity index (χ2v) is 4.60. The second-order valence-electron chi connectivity index (χ2n) is 4.60. The number of rotatable bonds is 5. The average molecular weight is 370 g/mol. The summed E-state index contributed by atoms with van der Waals surface area (Å²) in [6.07, 6.45) is -9.38. The van der Waals surface area contributed by atoms with Gasteiger partial charge in [-0.05, 0) is 24.3 Å². The molecule has 25 heavy (non-hydrogen) atoms. The van der Waals surface area contributed by atoms with E-state index in [-0.39, 0.29) is 5.75 Å². The van der Waals surface area contributed by atoms with Gasteiger partial charge in [-0.2, -0.15) is 8.78 Å². The van der Waals surface area contributed by atoms with Crippen molar-refractivity contribution in [3.05, 3.63) is 53.6 Å². The van der Waals surface area contributed by atoms with Gasteiger partial charge < -0.3 is 14.2 Å². The quantitative estimate of drug-likeness (QED) is 0.694. The molecular formula is C15H9F7O3. The fraction of sp³-hybridized carbons (Fsp3) is 0.200. The van der Waals surface area contributed by atoms with Gasteiger partial charge in [0.1, 0.15) is 34.4 Å². The summed E-state index contributed by atoms with van der Waals surface area (Å²) in [6.45, 7) is 0. The molecule has 0 bridgehead atoms. The topological polar surface area (TPSA) is 27.7 Å². The van der Waals surface area contributed by atoms with Gasteiger partial charge in [-0.15, -0.1) is 13.2 Å². The van der Waals surface area contributed by atoms with E-state index in [1.165, 1.54) is 0 Å². The molecule has 0 spiro atoms. The van der Waals surface area contributed by atoms with Gasteiger partial charge in [0.15, 0.2) is 0 Å². The highest BCUT2D eigenvalue weighted by Gasteiger charge is 2.41. The van der Waals surface area contributed by atoms with E-state index in [4.69, 9.17) is 0 Å². The molecule has 0 aliphatic rings. The van der Waals surface area contributed by atoms with Crippen molar-refractivity contribution in [2.45, 2.75) is 12.5 Å². The molecule has 0 aromatic heterocycles. The van der Waals surface area contributed by atoms with Gasteiger partial charge in [0.25, 0.3) is 0 Å². The largest absolute Gasteiger partial charge is 0.573 e. The highest BCUT2D eigenvalue weighted by Crippen LogP contribution is 2.37. The van der Waals surface area contributed by atoms with Gasteiger partial charge in [-0.25, -0.2) is 8.78 Å². The Labute approximate surface area is 136 Å². The van der Waals surface area contributed by atoms with Crippen LogP contribution in [0.5, 0.6) is 17.2 Å². The van der Waals surface area contributed by atoms with Crippen molar-refractivity contribution >= 4 is 0 Å². The zero-order valence-electron chi connectivity index (χ0n) is 12.3. The maximum absolute atomic E-state index is 14.0. The van der Waals surface area contributed by atoms with Crippen molar-refractivity contribution in [3.8, 4) is 17.2 Å². The molecule has 0 N–H and O–H groups in total. The van der Waals surface area contributed by atoms with Crippen LogP contribution >= 0.6 is 0 Å². The third kappa shape index (κ3) is 4.68. The molecule has 0 saturated carbocycles. The molecule has 0 unspecified atom stereocenters. The predicted octanol–water partition coefficient (Wildman–Crippen LogP) is 5.00. The number of ether oxygens (including phenoxy) is 3. The Hall–Kier alpha value is -2.65. The highest BCUT2D eigenvalue weighted by atomic mass is 19.4. The average Bonchev–Trinajstić information content (AvgIpc) is 2.46. The summed E-state index contributed by atoms with van der Waals surface area (Å²) in [5, 5.41) is 0. The van der Waals surface area contributed by atoms with Gasteiger partial charge in [-0.3, -0.25) is 0 Å². The molecule has 2 aromatic rings. The first-order chi connectivity index (χ1) is 11.5. The van der Waals surface area contributed by atoms with Gasteiger partial charge in [-0.1, -0.05) is 0 Å². The van der Waals surface area contributed by atoms with Crippen LogP contribution in [0.15, 0.2) is 36.4 Å². The fourth-order valence-electron chi connectivity index (χ4n) is 1.85. The standard InChI is InChI=1S/C15H9F7O3/c1-23-10-6-11(16)13(12(17)7-10)14(18,19)24-8-2-4-9(5-3-8)25-15(20,21)22/h2-7H,1H3.